The number of benzene rings is 1. The Labute approximate surface area is 114 Å². The zero-order valence-corrected chi connectivity index (χ0v) is 11.7. The lowest BCUT2D eigenvalue weighted by molar-refractivity contribution is 0.296. The van der Waals surface area contributed by atoms with Crippen LogP contribution in [0, 0.1) is 0 Å². The van der Waals surface area contributed by atoms with Crippen molar-refractivity contribution in [2.45, 2.75) is 26.9 Å². The molecule has 0 saturated heterocycles. The van der Waals surface area contributed by atoms with Crippen LogP contribution in [0.5, 0.6) is 0 Å². The monoisotopic (exact) mass is 258 g/mol. The molecule has 0 aliphatic rings. The van der Waals surface area contributed by atoms with E-state index in [0.717, 1.165) is 31.9 Å². The fraction of sp³-hybridized carbons (Fsp3) is 0.400. The Kier molecular flexibility index (Phi) is 4.98. The van der Waals surface area contributed by atoms with Gasteiger partial charge in [0.05, 0.1) is 18.6 Å². The van der Waals surface area contributed by atoms with Crippen LogP contribution >= 0.6 is 0 Å². The molecule has 1 heterocycles. The van der Waals surface area contributed by atoms with Crippen molar-refractivity contribution in [1.82, 2.24) is 14.9 Å². The number of rotatable bonds is 7. The van der Waals surface area contributed by atoms with Gasteiger partial charge in [-0.2, -0.15) is 0 Å². The fourth-order valence-electron chi connectivity index (χ4n) is 2.09. The van der Waals surface area contributed by atoms with Gasteiger partial charge >= 0.3 is 0 Å². The first-order valence-electron chi connectivity index (χ1n) is 6.84. The molecule has 0 fully saturated rings. The number of H-pyrrole nitrogens is 1. The highest BCUT2D eigenvalue weighted by Crippen LogP contribution is 2.17. The summed E-state index contributed by atoms with van der Waals surface area (Å²) in [6, 6.07) is 8.49. The van der Waals surface area contributed by atoms with Gasteiger partial charge in [-0.3, -0.25) is 4.90 Å². The van der Waals surface area contributed by atoms with E-state index in [1.807, 2.05) is 6.20 Å². The molecule has 0 unspecified atom stereocenters. The first-order chi connectivity index (χ1) is 9.33. The van der Waals surface area contributed by atoms with Gasteiger partial charge in [-0.05, 0) is 24.7 Å². The van der Waals surface area contributed by atoms with Gasteiger partial charge in [0.2, 0.25) is 0 Å². The molecule has 1 aromatic carbocycles. The molecule has 4 nitrogen and oxygen atoms in total. The third-order valence-electron chi connectivity index (χ3n) is 3.33. The van der Waals surface area contributed by atoms with Crippen LogP contribution in [0.15, 0.2) is 36.8 Å². The lowest BCUT2D eigenvalue weighted by Crippen LogP contribution is -2.22. The molecule has 0 bridgehead atoms. The van der Waals surface area contributed by atoms with E-state index in [1.54, 1.807) is 6.33 Å². The Bertz CT molecular complexity index is 475. The fourth-order valence-corrected chi connectivity index (χ4v) is 2.09. The smallest absolute Gasteiger partial charge is 0.0922 e. The van der Waals surface area contributed by atoms with Crippen LogP contribution in [0.3, 0.4) is 0 Å². The summed E-state index contributed by atoms with van der Waals surface area (Å²) >= 11 is 0. The van der Waals surface area contributed by atoms with Gasteiger partial charge in [-0.25, -0.2) is 4.98 Å². The summed E-state index contributed by atoms with van der Waals surface area (Å²) in [5.41, 5.74) is 3.63. The average molecular weight is 258 g/mol. The summed E-state index contributed by atoms with van der Waals surface area (Å²) in [5, 5.41) is 3.47. The number of aromatic nitrogens is 2. The first kappa shape index (κ1) is 13.6. The molecule has 2 rings (SSSR count). The quantitative estimate of drug-likeness (QED) is 0.802. The number of aromatic amines is 1. The van der Waals surface area contributed by atoms with Crippen LogP contribution in [-0.2, 0) is 13.1 Å². The largest absolute Gasteiger partial charge is 0.379 e. The van der Waals surface area contributed by atoms with Crippen molar-refractivity contribution >= 4 is 5.69 Å². The van der Waals surface area contributed by atoms with Gasteiger partial charge in [-0.15, -0.1) is 0 Å². The Morgan fingerprint density at radius 2 is 2.00 bits per heavy atom. The third-order valence-corrected chi connectivity index (χ3v) is 3.33. The van der Waals surface area contributed by atoms with E-state index >= 15 is 0 Å². The molecule has 2 aromatic rings. The summed E-state index contributed by atoms with van der Waals surface area (Å²) in [6.07, 6.45) is 3.55. The van der Waals surface area contributed by atoms with Crippen molar-refractivity contribution in [3.63, 3.8) is 0 Å². The van der Waals surface area contributed by atoms with E-state index in [2.05, 4.69) is 58.3 Å². The second-order valence-electron chi connectivity index (χ2n) is 4.55. The number of nitrogens with zero attached hydrogens (tertiary/aromatic N) is 2. The Morgan fingerprint density at radius 3 is 2.68 bits per heavy atom. The first-order valence-corrected chi connectivity index (χ1v) is 6.84. The van der Waals surface area contributed by atoms with Crippen LogP contribution in [0.1, 0.15) is 25.1 Å². The van der Waals surface area contributed by atoms with Gasteiger partial charge in [0.15, 0.2) is 0 Å². The minimum absolute atomic E-state index is 0.773. The lowest BCUT2D eigenvalue weighted by atomic mass is 10.1. The molecule has 0 atom stereocenters. The lowest BCUT2D eigenvalue weighted by Gasteiger charge is -2.20. The van der Waals surface area contributed by atoms with Crippen molar-refractivity contribution in [2.75, 3.05) is 18.4 Å². The summed E-state index contributed by atoms with van der Waals surface area (Å²) < 4.78 is 0. The van der Waals surface area contributed by atoms with Gasteiger partial charge in [0, 0.05) is 18.4 Å². The molecule has 0 saturated carbocycles. The second-order valence-corrected chi connectivity index (χ2v) is 4.55. The second kappa shape index (κ2) is 6.95. The molecule has 19 heavy (non-hydrogen) atoms. The van der Waals surface area contributed by atoms with E-state index < -0.39 is 0 Å². The predicted octanol–water partition coefficient (Wildman–Crippen LogP) is 2.86. The number of hydrogen-bond donors (Lipinski definition) is 2. The van der Waals surface area contributed by atoms with Crippen LogP contribution in [0.2, 0.25) is 0 Å². The van der Waals surface area contributed by atoms with Gasteiger partial charge < -0.3 is 10.3 Å². The maximum absolute atomic E-state index is 4.03. The van der Waals surface area contributed by atoms with Crippen molar-refractivity contribution in [1.29, 1.82) is 0 Å². The summed E-state index contributed by atoms with van der Waals surface area (Å²) in [6.45, 7) is 8.31. The van der Waals surface area contributed by atoms with Crippen LogP contribution < -0.4 is 5.32 Å². The Balaban J connectivity index is 2.03. The normalized spacial score (nSPS) is 10.9. The molecular weight excluding hydrogens is 236 g/mol. The SMILES string of the molecule is CCN(CC)Cc1ccccc1NCc1cnc[nH]1. The average Bonchev–Trinajstić information content (AvgIpc) is 2.97. The minimum Gasteiger partial charge on any atom is -0.379 e. The number of nitrogens with one attached hydrogen (secondary N) is 2. The highest BCUT2D eigenvalue weighted by molar-refractivity contribution is 5.51. The molecule has 0 aliphatic carbocycles. The highest BCUT2D eigenvalue weighted by Gasteiger charge is 2.06. The van der Waals surface area contributed by atoms with E-state index in [1.165, 1.54) is 11.3 Å². The van der Waals surface area contributed by atoms with Crippen molar-refractivity contribution in [3.8, 4) is 0 Å². The molecule has 102 valence electrons. The molecule has 1 aromatic heterocycles. The molecular formula is C15H22N4. The topological polar surface area (TPSA) is 44.0 Å². The van der Waals surface area contributed by atoms with Crippen molar-refractivity contribution < 1.29 is 0 Å². The minimum atomic E-state index is 0.773. The number of hydrogen-bond acceptors (Lipinski definition) is 3. The highest BCUT2D eigenvalue weighted by atomic mass is 15.1. The van der Waals surface area contributed by atoms with Gasteiger partial charge in [-0.1, -0.05) is 32.0 Å². The number of para-hydroxylation sites is 1. The maximum Gasteiger partial charge on any atom is 0.0922 e. The molecule has 0 aliphatic heterocycles. The third kappa shape index (κ3) is 3.83. The Morgan fingerprint density at radius 1 is 1.21 bits per heavy atom. The van der Waals surface area contributed by atoms with Crippen molar-refractivity contribution in [3.05, 3.63) is 48.0 Å². The van der Waals surface area contributed by atoms with Crippen molar-refractivity contribution in [2.24, 2.45) is 0 Å². The molecule has 0 radical (unpaired) electrons. The van der Waals surface area contributed by atoms with E-state index in [9.17, 15) is 0 Å². The van der Waals surface area contributed by atoms with E-state index in [4.69, 9.17) is 0 Å². The van der Waals surface area contributed by atoms with E-state index in [0.29, 0.717) is 0 Å². The zero-order valence-electron chi connectivity index (χ0n) is 11.7. The van der Waals surface area contributed by atoms with Gasteiger partial charge in [0.1, 0.15) is 0 Å². The Hall–Kier alpha value is -1.81. The molecule has 0 spiro atoms. The molecule has 2 N–H and O–H groups in total. The summed E-state index contributed by atoms with van der Waals surface area (Å²) in [5.74, 6) is 0. The number of anilines is 1. The zero-order chi connectivity index (χ0) is 13.5. The predicted molar refractivity (Wildman–Crippen MR) is 79.0 cm³/mol. The maximum atomic E-state index is 4.03. The molecule has 4 heteroatoms. The summed E-state index contributed by atoms with van der Waals surface area (Å²) in [4.78, 5) is 9.55. The number of imidazole rings is 1. The van der Waals surface area contributed by atoms with Crippen LogP contribution in [-0.4, -0.2) is 28.0 Å². The van der Waals surface area contributed by atoms with Gasteiger partial charge in [0.25, 0.3) is 0 Å². The van der Waals surface area contributed by atoms with E-state index in [-0.39, 0.29) is 0 Å². The summed E-state index contributed by atoms with van der Waals surface area (Å²) in [7, 11) is 0. The van der Waals surface area contributed by atoms with Crippen LogP contribution in [0.25, 0.3) is 0 Å². The van der Waals surface area contributed by atoms with Crippen LogP contribution in [0.4, 0.5) is 5.69 Å². The molecule has 0 amide bonds. The standard InChI is InChI=1S/C15H22N4/c1-3-19(4-2)11-13-7-5-6-8-15(13)17-10-14-9-16-12-18-14/h5-9,12,17H,3-4,10-11H2,1-2H3,(H,16,18).